The molecule has 634 valence electrons. The van der Waals surface area contributed by atoms with Crippen LogP contribution in [-0.4, -0.2) is 18.3 Å². The predicted octanol–water partition coefficient (Wildman–Crippen LogP) is 32.9. The minimum absolute atomic E-state index is 0.00469. The molecule has 0 amide bonds. The summed E-state index contributed by atoms with van der Waals surface area (Å²) in [7, 11) is 0. The molecule has 22 rings (SSSR count). The maximum atomic E-state index is 16.6. The molecule has 22 aromatic rings. The van der Waals surface area contributed by atoms with Crippen LogP contribution >= 0.6 is 0 Å². The third kappa shape index (κ3) is 13.8. The van der Waals surface area contributed by atoms with Gasteiger partial charge in [-0.1, -0.05) is 267 Å². The van der Waals surface area contributed by atoms with Crippen LogP contribution in [0.1, 0.15) is 33.4 Å². The van der Waals surface area contributed by atoms with Crippen molar-refractivity contribution in [3.63, 3.8) is 0 Å². The third-order valence-electron chi connectivity index (χ3n) is 25.4. The lowest BCUT2D eigenvalue weighted by atomic mass is 9.91. The van der Waals surface area contributed by atoms with Crippen molar-refractivity contribution >= 4 is 87.2 Å². The fourth-order valence-electron chi connectivity index (χ4n) is 19.3. The van der Waals surface area contributed by atoms with Gasteiger partial charge >= 0.3 is 24.7 Å². The summed E-state index contributed by atoms with van der Waals surface area (Å²) in [4.78, 5) is 0. The van der Waals surface area contributed by atoms with E-state index in [1.807, 2.05) is 320 Å². The number of halogens is 12. The van der Waals surface area contributed by atoms with E-state index in [4.69, 9.17) is 0 Å². The minimum atomic E-state index is -5.41. The highest BCUT2D eigenvalue weighted by Gasteiger charge is 2.42. The number of nitriles is 2. The number of fused-ring (bicyclic) bond motifs is 12. The Labute approximate surface area is 745 Å². The van der Waals surface area contributed by atoms with E-state index in [-0.39, 0.29) is 57.1 Å². The highest BCUT2D eigenvalue weighted by atomic mass is 19.4. The minimum Gasteiger partial charge on any atom is -0.309 e. The summed E-state index contributed by atoms with van der Waals surface area (Å²) in [6.07, 6.45) is -21.2. The fourth-order valence-corrected chi connectivity index (χ4v) is 19.3. The summed E-state index contributed by atoms with van der Waals surface area (Å²) >= 11 is 0. The molecule has 0 aliphatic heterocycles. The molecule has 4 heterocycles. The first-order chi connectivity index (χ1) is 63.9. The summed E-state index contributed by atoms with van der Waals surface area (Å²) in [6.45, 7) is 0. The van der Waals surface area contributed by atoms with Gasteiger partial charge in [0.25, 0.3) is 0 Å². The normalized spacial score (nSPS) is 12.2. The van der Waals surface area contributed by atoms with Crippen LogP contribution in [0.2, 0.25) is 0 Å². The van der Waals surface area contributed by atoms with Crippen molar-refractivity contribution in [3.05, 3.63) is 422 Å². The summed E-state index contributed by atoms with van der Waals surface area (Å²) in [5.41, 5.74) is 6.86. The first kappa shape index (κ1) is 81.1. The predicted molar refractivity (Wildman–Crippen MR) is 502 cm³/mol. The molecule has 0 N–H and O–H groups in total. The molecule has 0 saturated carbocycles. The van der Waals surface area contributed by atoms with E-state index in [9.17, 15) is 23.7 Å². The van der Waals surface area contributed by atoms with Gasteiger partial charge in [-0.15, -0.1) is 0 Å². The van der Waals surface area contributed by atoms with E-state index >= 15 is 39.5 Å². The molecule has 6 nitrogen and oxygen atoms in total. The number of hydrogen-bond donors (Lipinski definition) is 0. The zero-order chi connectivity index (χ0) is 90.4. The molecule has 0 radical (unpaired) electrons. The van der Waals surface area contributed by atoms with Crippen LogP contribution < -0.4 is 0 Å². The van der Waals surface area contributed by atoms with Crippen molar-refractivity contribution in [2.75, 3.05) is 0 Å². The van der Waals surface area contributed by atoms with Crippen molar-refractivity contribution in [2.45, 2.75) is 24.7 Å². The lowest BCUT2D eigenvalue weighted by Crippen LogP contribution is -2.13. The van der Waals surface area contributed by atoms with E-state index in [1.54, 1.807) is 25.8 Å². The number of aromatic nitrogens is 4. The van der Waals surface area contributed by atoms with Crippen molar-refractivity contribution in [1.82, 2.24) is 18.3 Å². The van der Waals surface area contributed by atoms with E-state index < -0.39 is 58.1 Å². The highest BCUT2D eigenvalue weighted by molar-refractivity contribution is 6.18. The van der Waals surface area contributed by atoms with Crippen LogP contribution in [0.15, 0.2) is 388 Å². The third-order valence-corrected chi connectivity index (χ3v) is 25.4. The molecule has 0 atom stereocenters. The molecule has 4 aromatic heterocycles. The van der Waals surface area contributed by atoms with E-state index in [0.29, 0.717) is 116 Å². The Bertz CT molecular complexity index is 8470. The van der Waals surface area contributed by atoms with E-state index in [1.165, 1.54) is 24.3 Å². The van der Waals surface area contributed by atoms with Gasteiger partial charge in [0.05, 0.1) is 100 Å². The van der Waals surface area contributed by atoms with Gasteiger partial charge in [-0.3, -0.25) is 0 Å². The Kier molecular flexibility index (Phi) is 19.1. The molecule has 0 bridgehead atoms. The Hall–Kier alpha value is -16.7. The van der Waals surface area contributed by atoms with Gasteiger partial charge in [0, 0.05) is 54.2 Å². The Balaban J connectivity index is 0.820. The average molecular weight is 1750 g/mol. The second-order valence-corrected chi connectivity index (χ2v) is 32.9. The van der Waals surface area contributed by atoms with Crippen LogP contribution in [0.3, 0.4) is 0 Å². The maximum Gasteiger partial charge on any atom is 0.417 e. The number of hydrogen-bond acceptors (Lipinski definition) is 2. The first-order valence-corrected chi connectivity index (χ1v) is 42.3. The Morgan fingerprint density at radius 3 is 0.841 bits per heavy atom. The molecule has 18 aromatic carbocycles. The average Bonchev–Trinajstić information content (AvgIpc) is 1.60. The van der Waals surface area contributed by atoms with Gasteiger partial charge < -0.3 is 18.3 Å². The van der Waals surface area contributed by atoms with Crippen LogP contribution in [0.4, 0.5) is 52.7 Å². The Morgan fingerprint density at radius 2 is 0.455 bits per heavy atom. The molecule has 0 aliphatic rings. The van der Waals surface area contributed by atoms with Crippen LogP contribution in [0, 0.1) is 22.7 Å². The van der Waals surface area contributed by atoms with E-state index in [0.717, 1.165) is 73.0 Å². The fraction of sp³-hybridized carbons (Fsp3) is 0.0351. The van der Waals surface area contributed by atoms with Crippen molar-refractivity contribution < 1.29 is 52.7 Å². The zero-order valence-corrected chi connectivity index (χ0v) is 69.2. The van der Waals surface area contributed by atoms with Crippen molar-refractivity contribution in [2.24, 2.45) is 0 Å². The number of nitrogens with zero attached hydrogens (tertiary/aromatic N) is 6. The van der Waals surface area contributed by atoms with Crippen LogP contribution in [-0.2, 0) is 24.7 Å². The second-order valence-electron chi connectivity index (χ2n) is 32.9. The van der Waals surface area contributed by atoms with Gasteiger partial charge in [-0.25, -0.2) is 0 Å². The Morgan fingerprint density at radius 1 is 0.174 bits per heavy atom. The largest absolute Gasteiger partial charge is 0.417 e. The van der Waals surface area contributed by atoms with Gasteiger partial charge in [0.15, 0.2) is 0 Å². The van der Waals surface area contributed by atoms with Gasteiger partial charge in [-0.05, 0) is 210 Å². The van der Waals surface area contributed by atoms with Gasteiger partial charge in [-0.2, -0.15) is 63.2 Å². The van der Waals surface area contributed by atoms with Gasteiger partial charge in [0.1, 0.15) is 12.1 Å². The number of para-hydroxylation sites is 1. The van der Waals surface area contributed by atoms with Gasteiger partial charge in [0.2, 0.25) is 0 Å². The lowest BCUT2D eigenvalue weighted by molar-refractivity contribution is -0.144. The molecular weight excluding hydrogens is 1680 g/mol. The quantitative estimate of drug-likeness (QED) is 0.108. The summed E-state index contributed by atoms with van der Waals surface area (Å²) in [5, 5.41) is 29.2. The standard InChI is InChI=1S/C114H64F12N6/c115-111(116,117)81-41-46-83(97(59-81)113(121,122)123)95-63-103(79(65-127)57-108(95)130-99-34-20-19-33-85(99)91-51-73(38-48-100(91)130)67-21-7-1-8-22-67)129-101-49-39-74(68-23-9-2-10-24-68)52-92(101)93-53-78(40-50-102(93)129)89-61-94-88-45-37-77(71-29-15-5-16-30-71)56-107(88)132(110(94)62-90(89)72-31-17-6-18-32-72)109-58-80(66-128)104(64-96(109)84-47-42-82(112(118,119)120)60-98(84)114(124,125)126)131-105-54-75(69-25-11-3-12-26-69)35-43-86(105)87-44-36-76(55-106(87)131)70-27-13-4-14-28-70/h1-64H. The second kappa shape index (κ2) is 31.1. The molecule has 18 heteroatoms. The molecule has 0 fully saturated rings. The maximum absolute atomic E-state index is 16.6. The molecule has 132 heavy (non-hydrogen) atoms. The molecule has 0 aliphatic carbocycles. The highest BCUT2D eigenvalue weighted by Crippen LogP contribution is 2.53. The smallest absolute Gasteiger partial charge is 0.309 e. The summed E-state index contributed by atoms with van der Waals surface area (Å²) in [6, 6.07) is 117. The van der Waals surface area contributed by atoms with E-state index in [2.05, 4.69) is 12.1 Å². The SMILES string of the molecule is N#Cc1cc(-n2c3ccccc3c3cc(-c4ccccc4)ccc32)c(-c2ccc(C(F)(F)F)cc2C(F)(F)F)cc1-n1c2ccc(-c3ccccc3)cc2c2cc(-c3cc4c5ccc(-c6ccccc6)cc5n(-c5cc(C#N)c(-n6c7cc(-c8ccccc8)ccc7c7ccc(-c8ccccc8)cc76)cc5-c5ccc(C(F)(F)F)cc5C(F)(F)F)c4cc3-c3ccccc3)ccc21. The topological polar surface area (TPSA) is 67.3 Å². The van der Waals surface area contributed by atoms with Crippen molar-refractivity contribution in [3.8, 4) is 135 Å². The monoisotopic (exact) mass is 1740 g/mol. The van der Waals surface area contributed by atoms with Crippen molar-refractivity contribution in [1.29, 1.82) is 10.5 Å². The van der Waals surface area contributed by atoms with Crippen LogP contribution in [0.5, 0.6) is 0 Å². The first-order valence-electron chi connectivity index (χ1n) is 42.3. The zero-order valence-electron chi connectivity index (χ0n) is 69.2. The molecule has 0 unspecified atom stereocenters. The number of alkyl halides is 12. The molecule has 0 saturated heterocycles. The molecular formula is C114H64F12N6. The lowest BCUT2D eigenvalue weighted by Gasteiger charge is -2.22. The van der Waals surface area contributed by atoms with Crippen LogP contribution in [0.25, 0.3) is 210 Å². The summed E-state index contributed by atoms with van der Waals surface area (Å²) in [5.74, 6) is 0. The summed E-state index contributed by atoms with van der Waals surface area (Å²) < 4.78 is 196. The number of benzene rings is 18. The number of rotatable bonds is 13. The molecule has 0 spiro atoms.